The second-order valence-corrected chi connectivity index (χ2v) is 3.03. The molecule has 0 atom stereocenters. The predicted molar refractivity (Wildman–Crippen MR) is 53.8 cm³/mol. The molecule has 4 nitrogen and oxygen atoms in total. The van der Waals surface area contributed by atoms with Crippen LogP contribution in [0.1, 0.15) is 0 Å². The first kappa shape index (κ1) is 10.2. The van der Waals surface area contributed by atoms with Gasteiger partial charge in [-0.3, -0.25) is 5.50 Å². The van der Waals surface area contributed by atoms with Crippen LogP contribution in [0.3, 0.4) is 0 Å². The van der Waals surface area contributed by atoms with Crippen LogP contribution < -0.4 is 5.50 Å². The third-order valence-electron chi connectivity index (χ3n) is 1.46. The summed E-state index contributed by atoms with van der Waals surface area (Å²) in [5.41, 5.74) is 5.49. The fourth-order valence-electron chi connectivity index (χ4n) is 0.995. The normalized spacial score (nSPS) is 9.85. The van der Waals surface area contributed by atoms with E-state index in [0.29, 0.717) is 0 Å². The zero-order valence-electron chi connectivity index (χ0n) is 6.88. The number of para-hydroxylation sites is 1. The fraction of sp³-hybridized carbons (Fsp3) is 0. The SMILES string of the molecule is NP(O)O.c1ccc2[nH]ccc2c1. The van der Waals surface area contributed by atoms with Crippen molar-refractivity contribution in [2.75, 3.05) is 0 Å². The van der Waals surface area contributed by atoms with Crippen molar-refractivity contribution >= 4 is 19.4 Å². The van der Waals surface area contributed by atoms with E-state index in [1.54, 1.807) is 0 Å². The van der Waals surface area contributed by atoms with Crippen molar-refractivity contribution in [2.45, 2.75) is 0 Å². The average Bonchev–Trinajstić information content (AvgIpc) is 2.49. The van der Waals surface area contributed by atoms with Gasteiger partial charge in [-0.15, -0.1) is 0 Å². The second-order valence-electron chi connectivity index (χ2n) is 2.39. The van der Waals surface area contributed by atoms with Crippen molar-refractivity contribution in [3.63, 3.8) is 0 Å². The number of aromatic amines is 1. The van der Waals surface area contributed by atoms with Crippen molar-refractivity contribution in [1.29, 1.82) is 0 Å². The molecule has 1 aromatic carbocycles. The molecule has 1 heterocycles. The summed E-state index contributed by atoms with van der Waals surface area (Å²) in [4.78, 5) is 18.0. The van der Waals surface area contributed by atoms with E-state index in [0.717, 1.165) is 0 Å². The highest BCUT2D eigenvalue weighted by Crippen LogP contribution is 2.09. The largest absolute Gasteiger partial charge is 0.361 e. The molecule has 70 valence electrons. The minimum absolute atomic E-state index is 1.21. The van der Waals surface area contributed by atoms with E-state index >= 15 is 0 Å². The number of aromatic nitrogens is 1. The van der Waals surface area contributed by atoms with Crippen LogP contribution in [0.5, 0.6) is 0 Å². The molecule has 5 N–H and O–H groups in total. The van der Waals surface area contributed by atoms with Crippen LogP contribution >= 0.6 is 8.53 Å². The number of rotatable bonds is 0. The summed E-state index contributed by atoms with van der Waals surface area (Å²) < 4.78 is 0. The number of hydrogen-bond donors (Lipinski definition) is 4. The second kappa shape index (κ2) is 4.94. The first-order valence-corrected chi connectivity index (χ1v) is 4.96. The number of nitrogens with one attached hydrogen (secondary N) is 1. The Balaban J connectivity index is 0.000000184. The monoisotopic (exact) mass is 198 g/mol. The van der Waals surface area contributed by atoms with Gasteiger partial charge in [0.25, 0.3) is 0 Å². The van der Waals surface area contributed by atoms with E-state index in [2.05, 4.69) is 28.7 Å². The molecule has 0 radical (unpaired) electrons. The topological polar surface area (TPSA) is 82.3 Å². The standard InChI is InChI=1S/C8H7N.H4NO2P/c1-2-4-8-7(3-1)5-6-9-8;1-4(2)3/h1-6,9H;2-3H,1H2. The zero-order chi connectivity index (χ0) is 9.68. The summed E-state index contributed by atoms with van der Waals surface area (Å²) in [6, 6.07) is 10.3. The molecule has 0 spiro atoms. The van der Waals surface area contributed by atoms with Crippen molar-refractivity contribution in [3.05, 3.63) is 36.5 Å². The summed E-state index contributed by atoms with van der Waals surface area (Å²) in [7, 11) is -2.12. The molecule has 0 fully saturated rings. The van der Waals surface area contributed by atoms with E-state index in [-0.39, 0.29) is 0 Å². The van der Waals surface area contributed by atoms with Gasteiger partial charge in [0.15, 0.2) is 0 Å². The van der Waals surface area contributed by atoms with E-state index in [9.17, 15) is 0 Å². The minimum Gasteiger partial charge on any atom is -0.361 e. The summed E-state index contributed by atoms with van der Waals surface area (Å²) in [6.07, 6.45) is 1.95. The molecular weight excluding hydrogens is 187 g/mol. The lowest BCUT2D eigenvalue weighted by atomic mass is 10.3. The van der Waals surface area contributed by atoms with Gasteiger partial charge in [0.1, 0.15) is 0 Å². The van der Waals surface area contributed by atoms with E-state index < -0.39 is 8.53 Å². The Kier molecular flexibility index (Phi) is 3.86. The molecule has 2 aromatic rings. The zero-order valence-corrected chi connectivity index (χ0v) is 7.78. The lowest BCUT2D eigenvalue weighted by Crippen LogP contribution is -1.78. The fourth-order valence-corrected chi connectivity index (χ4v) is 0.995. The minimum atomic E-state index is -2.12. The number of hydrogen-bond acceptors (Lipinski definition) is 3. The van der Waals surface area contributed by atoms with Gasteiger partial charge in [-0.2, -0.15) is 0 Å². The first-order valence-electron chi connectivity index (χ1n) is 3.65. The highest BCUT2D eigenvalue weighted by atomic mass is 31.2. The molecule has 0 amide bonds. The molecule has 2 rings (SSSR count). The molecule has 0 unspecified atom stereocenters. The van der Waals surface area contributed by atoms with Crippen molar-refractivity contribution < 1.29 is 9.79 Å². The third kappa shape index (κ3) is 3.53. The maximum absolute atomic E-state index is 7.45. The highest BCUT2D eigenvalue weighted by Gasteiger charge is 1.86. The molecule has 1 aromatic heterocycles. The van der Waals surface area contributed by atoms with Gasteiger partial charge in [-0.05, 0) is 17.5 Å². The van der Waals surface area contributed by atoms with Gasteiger partial charge >= 0.3 is 0 Å². The van der Waals surface area contributed by atoms with Crippen molar-refractivity contribution in [3.8, 4) is 0 Å². The Morgan fingerprint density at radius 2 is 1.77 bits per heavy atom. The summed E-state index contributed by atoms with van der Waals surface area (Å²) in [5.74, 6) is 0. The Bertz CT molecular complexity index is 329. The van der Waals surface area contributed by atoms with E-state index in [4.69, 9.17) is 9.79 Å². The summed E-state index contributed by atoms with van der Waals surface area (Å²) in [5, 5.41) is 1.28. The van der Waals surface area contributed by atoms with Crippen molar-refractivity contribution in [2.24, 2.45) is 5.50 Å². The first-order chi connectivity index (χ1) is 6.20. The maximum Gasteiger partial charge on any atom is 0.247 e. The molecule has 5 heteroatoms. The lowest BCUT2D eigenvalue weighted by molar-refractivity contribution is 0.485. The van der Waals surface area contributed by atoms with Crippen LogP contribution in [0.15, 0.2) is 36.5 Å². The summed E-state index contributed by atoms with van der Waals surface area (Å²) >= 11 is 0. The predicted octanol–water partition coefficient (Wildman–Crippen LogP) is 1.32. The molecular formula is C8H11N2O2P. The van der Waals surface area contributed by atoms with Crippen LogP contribution in [0.25, 0.3) is 10.9 Å². The number of fused-ring (bicyclic) bond motifs is 1. The Morgan fingerprint density at radius 1 is 1.15 bits per heavy atom. The van der Waals surface area contributed by atoms with Crippen LogP contribution in [-0.4, -0.2) is 14.8 Å². The van der Waals surface area contributed by atoms with Gasteiger partial charge in [-0.1, -0.05) is 18.2 Å². The van der Waals surface area contributed by atoms with Crippen LogP contribution in [0.2, 0.25) is 0 Å². The van der Waals surface area contributed by atoms with Crippen LogP contribution in [0, 0.1) is 0 Å². The molecule has 0 aliphatic rings. The number of nitrogens with two attached hydrogens (primary N) is 1. The van der Waals surface area contributed by atoms with Gasteiger partial charge < -0.3 is 14.8 Å². The number of benzene rings is 1. The van der Waals surface area contributed by atoms with Crippen LogP contribution in [-0.2, 0) is 0 Å². The Hall–Kier alpha value is -0.930. The van der Waals surface area contributed by atoms with Gasteiger partial charge in [0.2, 0.25) is 8.53 Å². The molecule has 0 saturated heterocycles. The Morgan fingerprint density at radius 3 is 2.38 bits per heavy atom. The van der Waals surface area contributed by atoms with Gasteiger partial charge in [0.05, 0.1) is 0 Å². The lowest BCUT2D eigenvalue weighted by Gasteiger charge is -1.83. The molecule has 0 aliphatic carbocycles. The van der Waals surface area contributed by atoms with Crippen molar-refractivity contribution in [1.82, 2.24) is 4.98 Å². The quantitative estimate of drug-likeness (QED) is 0.482. The highest BCUT2D eigenvalue weighted by molar-refractivity contribution is 7.42. The molecule has 0 bridgehead atoms. The Labute approximate surface area is 77.0 Å². The average molecular weight is 198 g/mol. The molecule has 0 aliphatic heterocycles. The van der Waals surface area contributed by atoms with Gasteiger partial charge in [0, 0.05) is 11.7 Å². The molecule has 0 saturated carbocycles. The van der Waals surface area contributed by atoms with E-state index in [1.807, 2.05) is 18.3 Å². The molecule has 13 heavy (non-hydrogen) atoms. The summed E-state index contributed by atoms with van der Waals surface area (Å²) in [6.45, 7) is 0. The maximum atomic E-state index is 7.45. The number of H-pyrrole nitrogens is 1. The van der Waals surface area contributed by atoms with Gasteiger partial charge in [-0.25, -0.2) is 0 Å². The van der Waals surface area contributed by atoms with Crippen LogP contribution in [0.4, 0.5) is 0 Å². The smallest absolute Gasteiger partial charge is 0.247 e. The third-order valence-corrected chi connectivity index (χ3v) is 1.46. The van der Waals surface area contributed by atoms with E-state index in [1.165, 1.54) is 10.9 Å².